The van der Waals surface area contributed by atoms with Crippen molar-refractivity contribution in [2.45, 2.75) is 19.9 Å². The number of carboxylic acids is 1. The summed E-state index contributed by atoms with van der Waals surface area (Å²) in [5.41, 5.74) is 1.22. The Kier molecular flexibility index (Phi) is 5.37. The van der Waals surface area contributed by atoms with E-state index >= 15 is 0 Å². The Morgan fingerprint density at radius 2 is 2.18 bits per heavy atom. The summed E-state index contributed by atoms with van der Waals surface area (Å²) in [4.78, 5) is 26.7. The van der Waals surface area contributed by atoms with E-state index < -0.39 is 5.97 Å². The van der Waals surface area contributed by atoms with Gasteiger partial charge in [-0.15, -0.1) is 11.8 Å². The number of aromatic nitrogens is 3. The quantitative estimate of drug-likeness (QED) is 0.751. The van der Waals surface area contributed by atoms with Gasteiger partial charge in [0.05, 0.1) is 17.5 Å². The summed E-state index contributed by atoms with van der Waals surface area (Å²) in [5.74, 6) is -0.479. The highest BCUT2D eigenvalue weighted by Crippen LogP contribution is 2.16. The molecule has 0 saturated carbocycles. The maximum absolute atomic E-state index is 12.0. The standard InChI is InChI=1S/C14H18N4O3S/c1-9(2)18-13-10(7-17-18)5-11(6-16-13)14(21)15-3-4-22-8-12(19)20/h5-7,9H,3-4,8H2,1-2H3,(H,15,21)(H,19,20). The highest BCUT2D eigenvalue weighted by Gasteiger charge is 2.11. The van der Waals surface area contributed by atoms with E-state index in [1.807, 2.05) is 13.8 Å². The third-order valence-electron chi connectivity index (χ3n) is 2.94. The SMILES string of the molecule is CC(C)n1ncc2cc(C(=O)NCCSCC(=O)O)cnc21. The molecule has 0 bridgehead atoms. The van der Waals surface area contributed by atoms with E-state index in [2.05, 4.69) is 15.4 Å². The molecule has 2 aromatic rings. The van der Waals surface area contributed by atoms with Gasteiger partial charge in [0, 0.05) is 29.9 Å². The molecule has 0 spiro atoms. The van der Waals surface area contributed by atoms with Gasteiger partial charge < -0.3 is 10.4 Å². The third-order valence-corrected chi connectivity index (χ3v) is 3.89. The van der Waals surface area contributed by atoms with Gasteiger partial charge in [-0.25, -0.2) is 9.67 Å². The number of nitrogens with zero attached hydrogens (tertiary/aromatic N) is 3. The molecule has 0 aliphatic heterocycles. The Balaban J connectivity index is 1.96. The average molecular weight is 322 g/mol. The lowest BCUT2D eigenvalue weighted by atomic mass is 10.2. The lowest BCUT2D eigenvalue weighted by molar-refractivity contribution is -0.133. The van der Waals surface area contributed by atoms with Crippen molar-refractivity contribution in [1.29, 1.82) is 0 Å². The number of nitrogens with one attached hydrogen (secondary N) is 1. The van der Waals surface area contributed by atoms with Crippen molar-refractivity contribution in [2.75, 3.05) is 18.1 Å². The number of aliphatic carboxylic acids is 1. The van der Waals surface area contributed by atoms with Crippen molar-refractivity contribution in [3.8, 4) is 0 Å². The normalized spacial score (nSPS) is 11.0. The Morgan fingerprint density at radius 3 is 2.86 bits per heavy atom. The molecule has 2 aromatic heterocycles. The van der Waals surface area contributed by atoms with E-state index in [1.165, 1.54) is 18.0 Å². The summed E-state index contributed by atoms with van der Waals surface area (Å²) in [5, 5.41) is 16.3. The van der Waals surface area contributed by atoms with Crippen LogP contribution in [0.15, 0.2) is 18.5 Å². The van der Waals surface area contributed by atoms with Crippen LogP contribution >= 0.6 is 11.8 Å². The molecule has 118 valence electrons. The molecule has 7 nitrogen and oxygen atoms in total. The number of amides is 1. The molecule has 0 fully saturated rings. The van der Waals surface area contributed by atoms with E-state index in [0.29, 0.717) is 17.9 Å². The number of hydrogen-bond acceptors (Lipinski definition) is 5. The van der Waals surface area contributed by atoms with Crippen LogP contribution in [0, 0.1) is 0 Å². The van der Waals surface area contributed by atoms with Crippen molar-refractivity contribution in [3.63, 3.8) is 0 Å². The number of pyridine rings is 1. The molecule has 22 heavy (non-hydrogen) atoms. The topological polar surface area (TPSA) is 97.1 Å². The largest absolute Gasteiger partial charge is 0.481 e. The highest BCUT2D eigenvalue weighted by atomic mass is 32.2. The Hall–Kier alpha value is -2.09. The number of carboxylic acid groups (broad SMARTS) is 1. The molecule has 0 atom stereocenters. The first-order chi connectivity index (χ1) is 10.5. The van der Waals surface area contributed by atoms with Crippen LogP contribution in [0.4, 0.5) is 0 Å². The lowest BCUT2D eigenvalue weighted by Crippen LogP contribution is -2.26. The molecule has 1 amide bonds. The number of hydrogen-bond donors (Lipinski definition) is 2. The van der Waals surface area contributed by atoms with Gasteiger partial charge in [-0.1, -0.05) is 0 Å². The fourth-order valence-corrected chi connectivity index (χ4v) is 2.51. The smallest absolute Gasteiger partial charge is 0.313 e. The predicted molar refractivity (Wildman–Crippen MR) is 85.2 cm³/mol. The first-order valence-corrected chi connectivity index (χ1v) is 8.05. The minimum atomic E-state index is -0.854. The third kappa shape index (κ3) is 3.97. The zero-order valence-electron chi connectivity index (χ0n) is 12.4. The van der Waals surface area contributed by atoms with Crippen molar-refractivity contribution >= 4 is 34.7 Å². The highest BCUT2D eigenvalue weighted by molar-refractivity contribution is 7.99. The van der Waals surface area contributed by atoms with Gasteiger partial charge in [0.2, 0.25) is 0 Å². The zero-order chi connectivity index (χ0) is 16.1. The average Bonchev–Trinajstić information content (AvgIpc) is 2.89. The summed E-state index contributed by atoms with van der Waals surface area (Å²) in [6, 6.07) is 1.96. The molecule has 0 saturated heterocycles. The van der Waals surface area contributed by atoms with Crippen molar-refractivity contribution in [3.05, 3.63) is 24.0 Å². The van der Waals surface area contributed by atoms with E-state index in [1.54, 1.807) is 16.9 Å². The molecule has 2 N–H and O–H groups in total. The van der Waals surface area contributed by atoms with E-state index in [4.69, 9.17) is 5.11 Å². The molecule has 0 aliphatic rings. The molecule has 2 rings (SSSR count). The molecular weight excluding hydrogens is 304 g/mol. The monoisotopic (exact) mass is 322 g/mol. The first-order valence-electron chi connectivity index (χ1n) is 6.90. The minimum Gasteiger partial charge on any atom is -0.481 e. The van der Waals surface area contributed by atoms with Crippen LogP contribution in [0.2, 0.25) is 0 Å². The van der Waals surface area contributed by atoms with Crippen LogP contribution in [0.1, 0.15) is 30.2 Å². The Morgan fingerprint density at radius 1 is 1.41 bits per heavy atom. The molecule has 0 aliphatic carbocycles. The van der Waals surface area contributed by atoms with E-state index in [0.717, 1.165) is 11.0 Å². The minimum absolute atomic E-state index is 0.0395. The van der Waals surface area contributed by atoms with Crippen molar-refractivity contribution in [2.24, 2.45) is 0 Å². The fourth-order valence-electron chi connectivity index (χ4n) is 1.94. The summed E-state index contributed by atoms with van der Waals surface area (Å²) >= 11 is 1.26. The maximum Gasteiger partial charge on any atom is 0.313 e. The lowest BCUT2D eigenvalue weighted by Gasteiger charge is -2.07. The summed E-state index contributed by atoms with van der Waals surface area (Å²) in [7, 11) is 0. The van der Waals surface area contributed by atoms with Gasteiger partial charge in [0.15, 0.2) is 5.65 Å². The zero-order valence-corrected chi connectivity index (χ0v) is 13.3. The van der Waals surface area contributed by atoms with Crippen LogP contribution in [0.3, 0.4) is 0 Å². The van der Waals surface area contributed by atoms with E-state index in [9.17, 15) is 9.59 Å². The first kappa shape index (κ1) is 16.3. The predicted octanol–water partition coefficient (Wildman–Crippen LogP) is 1.56. The van der Waals surface area contributed by atoms with Crippen molar-refractivity contribution in [1.82, 2.24) is 20.1 Å². The van der Waals surface area contributed by atoms with Crippen molar-refractivity contribution < 1.29 is 14.7 Å². The second-order valence-corrected chi connectivity index (χ2v) is 6.13. The van der Waals surface area contributed by atoms with E-state index in [-0.39, 0.29) is 17.7 Å². The number of rotatable bonds is 7. The molecule has 0 aromatic carbocycles. The number of thioether (sulfide) groups is 1. The molecule has 8 heteroatoms. The summed E-state index contributed by atoms with van der Waals surface area (Å²) in [6.45, 7) is 4.45. The molecule has 2 heterocycles. The van der Waals surface area contributed by atoms with Crippen LogP contribution < -0.4 is 5.32 Å². The molecule has 0 unspecified atom stereocenters. The van der Waals surface area contributed by atoms with Gasteiger partial charge >= 0.3 is 5.97 Å². The Bertz CT molecular complexity index is 684. The number of fused-ring (bicyclic) bond motifs is 1. The van der Waals surface area contributed by atoms with Crippen LogP contribution in [0.25, 0.3) is 11.0 Å². The molecule has 0 radical (unpaired) electrons. The second kappa shape index (κ2) is 7.26. The Labute approximate surface area is 132 Å². The van der Waals surface area contributed by atoms with Gasteiger partial charge in [0.25, 0.3) is 5.91 Å². The van der Waals surface area contributed by atoms with Gasteiger partial charge in [0.1, 0.15) is 0 Å². The number of carbonyl (C=O) groups is 2. The van der Waals surface area contributed by atoms with Crippen LogP contribution in [-0.2, 0) is 4.79 Å². The second-order valence-electron chi connectivity index (χ2n) is 5.02. The molecular formula is C14H18N4O3S. The van der Waals surface area contributed by atoms with Gasteiger partial charge in [-0.05, 0) is 19.9 Å². The van der Waals surface area contributed by atoms with Gasteiger partial charge in [-0.2, -0.15) is 5.10 Å². The maximum atomic E-state index is 12.0. The van der Waals surface area contributed by atoms with Crippen LogP contribution in [-0.4, -0.2) is 49.8 Å². The summed E-state index contributed by atoms with van der Waals surface area (Å²) in [6.07, 6.45) is 3.23. The summed E-state index contributed by atoms with van der Waals surface area (Å²) < 4.78 is 1.81. The number of carbonyl (C=O) groups excluding carboxylic acids is 1. The van der Waals surface area contributed by atoms with Gasteiger partial charge in [-0.3, -0.25) is 9.59 Å². The van der Waals surface area contributed by atoms with Crippen LogP contribution in [0.5, 0.6) is 0 Å². The fraction of sp³-hybridized carbons (Fsp3) is 0.429.